The van der Waals surface area contributed by atoms with Gasteiger partial charge in [-0.3, -0.25) is 0 Å². The van der Waals surface area contributed by atoms with Crippen LogP contribution < -0.4 is 4.74 Å². The predicted molar refractivity (Wildman–Crippen MR) is 69.1 cm³/mol. The molecule has 0 aliphatic carbocycles. The third-order valence-electron chi connectivity index (χ3n) is 3.79. The molecule has 0 spiro atoms. The number of ether oxygens (including phenoxy) is 3. The number of hydrogen-bond acceptors (Lipinski definition) is 4. The fourth-order valence-electron chi connectivity index (χ4n) is 2.59. The van der Waals surface area contributed by atoms with Crippen molar-refractivity contribution in [2.24, 2.45) is 0 Å². The Bertz CT molecular complexity index is 511. The van der Waals surface area contributed by atoms with E-state index in [0.29, 0.717) is 6.61 Å². The van der Waals surface area contributed by atoms with Crippen LogP contribution in [-0.4, -0.2) is 25.3 Å². The summed E-state index contributed by atoms with van der Waals surface area (Å²) in [4.78, 5) is 11.7. The summed E-state index contributed by atoms with van der Waals surface area (Å²) in [6.07, 6.45) is 1.58. The van der Waals surface area contributed by atoms with Crippen molar-refractivity contribution in [2.75, 3.05) is 13.2 Å². The van der Waals surface area contributed by atoms with Gasteiger partial charge in [-0.05, 0) is 49.9 Å². The van der Waals surface area contributed by atoms with Crippen LogP contribution in [0.5, 0.6) is 5.75 Å². The van der Waals surface area contributed by atoms with Gasteiger partial charge in [0, 0.05) is 0 Å². The van der Waals surface area contributed by atoms with Crippen LogP contribution in [0.15, 0.2) is 18.2 Å². The van der Waals surface area contributed by atoms with Gasteiger partial charge in [0.15, 0.2) is 6.10 Å². The Kier molecular flexibility index (Phi) is 2.97. The molecule has 1 fully saturated rings. The van der Waals surface area contributed by atoms with Gasteiger partial charge in [-0.15, -0.1) is 0 Å². The zero-order valence-electron chi connectivity index (χ0n) is 11.3. The monoisotopic (exact) mass is 262 g/mol. The smallest absolute Gasteiger partial charge is 0.338 e. The molecular weight excluding hydrogens is 244 g/mol. The average Bonchev–Trinajstić information content (AvgIpc) is 3.12. The molecule has 0 saturated carbocycles. The van der Waals surface area contributed by atoms with E-state index in [4.69, 9.17) is 14.2 Å². The maximum Gasteiger partial charge on any atom is 0.338 e. The van der Waals surface area contributed by atoms with Crippen molar-refractivity contribution in [1.82, 2.24) is 0 Å². The Morgan fingerprint density at radius 1 is 1.53 bits per heavy atom. The standard InChI is InChI=1S/C15H18O4/c1-3-17-14(16)13-15(2,19-13)11-6-7-12-10(9-11)5-4-8-18-12/h6-7,9,13H,3-5,8H2,1-2H3. The summed E-state index contributed by atoms with van der Waals surface area (Å²) in [6.45, 7) is 4.90. The summed E-state index contributed by atoms with van der Waals surface area (Å²) in [7, 11) is 0. The Morgan fingerprint density at radius 2 is 2.37 bits per heavy atom. The summed E-state index contributed by atoms with van der Waals surface area (Å²) in [5, 5.41) is 0. The molecule has 1 saturated heterocycles. The number of rotatable bonds is 3. The molecule has 2 unspecified atom stereocenters. The van der Waals surface area contributed by atoms with Crippen molar-refractivity contribution in [3.8, 4) is 5.75 Å². The fraction of sp³-hybridized carbons (Fsp3) is 0.533. The maximum atomic E-state index is 11.7. The topological polar surface area (TPSA) is 48.1 Å². The van der Waals surface area contributed by atoms with E-state index in [1.54, 1.807) is 6.92 Å². The normalized spacial score (nSPS) is 28.2. The molecule has 4 heteroatoms. The minimum Gasteiger partial charge on any atom is -0.493 e. The van der Waals surface area contributed by atoms with Crippen LogP contribution in [0.25, 0.3) is 0 Å². The van der Waals surface area contributed by atoms with E-state index in [1.165, 1.54) is 5.56 Å². The van der Waals surface area contributed by atoms with E-state index in [9.17, 15) is 4.79 Å². The number of carbonyl (C=O) groups excluding carboxylic acids is 1. The molecule has 2 aliphatic heterocycles. The van der Waals surface area contributed by atoms with Crippen molar-refractivity contribution in [3.05, 3.63) is 29.3 Å². The lowest BCUT2D eigenvalue weighted by Crippen LogP contribution is -2.19. The largest absolute Gasteiger partial charge is 0.493 e. The summed E-state index contributed by atoms with van der Waals surface area (Å²) < 4.78 is 16.2. The second-order valence-corrected chi connectivity index (χ2v) is 5.13. The number of aryl methyl sites for hydroxylation is 1. The molecule has 0 amide bonds. The molecule has 3 rings (SSSR count). The minimum atomic E-state index is -0.543. The van der Waals surface area contributed by atoms with Crippen LogP contribution >= 0.6 is 0 Å². The summed E-state index contributed by atoms with van der Waals surface area (Å²) >= 11 is 0. The highest BCUT2D eigenvalue weighted by Crippen LogP contribution is 2.47. The van der Waals surface area contributed by atoms with Gasteiger partial charge in [-0.2, -0.15) is 0 Å². The van der Waals surface area contributed by atoms with Crippen LogP contribution in [0, 0.1) is 0 Å². The molecule has 0 bridgehead atoms. The van der Waals surface area contributed by atoms with Crippen molar-refractivity contribution in [3.63, 3.8) is 0 Å². The van der Waals surface area contributed by atoms with Gasteiger partial charge in [-0.1, -0.05) is 6.07 Å². The number of benzene rings is 1. The summed E-state index contributed by atoms with van der Waals surface area (Å²) in [6, 6.07) is 6.04. The third kappa shape index (κ3) is 2.10. The highest BCUT2D eigenvalue weighted by molar-refractivity contribution is 5.79. The molecule has 0 radical (unpaired) electrons. The lowest BCUT2D eigenvalue weighted by Gasteiger charge is -2.19. The SMILES string of the molecule is CCOC(=O)C1OC1(C)c1ccc2c(c1)CCCO2. The van der Waals surface area contributed by atoms with Gasteiger partial charge >= 0.3 is 5.97 Å². The lowest BCUT2D eigenvalue weighted by molar-refractivity contribution is -0.144. The molecule has 1 aromatic rings. The lowest BCUT2D eigenvalue weighted by atomic mass is 9.93. The van der Waals surface area contributed by atoms with Gasteiger partial charge in [0.2, 0.25) is 0 Å². The van der Waals surface area contributed by atoms with E-state index in [2.05, 4.69) is 6.07 Å². The van der Waals surface area contributed by atoms with Gasteiger partial charge in [0.25, 0.3) is 0 Å². The van der Waals surface area contributed by atoms with Crippen LogP contribution in [0.1, 0.15) is 31.4 Å². The maximum absolute atomic E-state index is 11.7. The van der Waals surface area contributed by atoms with Crippen molar-refractivity contribution < 1.29 is 19.0 Å². The molecule has 0 aromatic heterocycles. The first kappa shape index (κ1) is 12.5. The Labute approximate surface area is 112 Å². The van der Waals surface area contributed by atoms with Gasteiger partial charge < -0.3 is 14.2 Å². The third-order valence-corrected chi connectivity index (χ3v) is 3.79. The molecular formula is C15H18O4. The van der Waals surface area contributed by atoms with E-state index in [0.717, 1.165) is 30.8 Å². The quantitative estimate of drug-likeness (QED) is 0.619. The predicted octanol–water partition coefficient (Wildman–Crippen LogP) is 2.19. The van der Waals surface area contributed by atoms with Crippen molar-refractivity contribution >= 4 is 5.97 Å². The fourth-order valence-corrected chi connectivity index (χ4v) is 2.59. The van der Waals surface area contributed by atoms with E-state index >= 15 is 0 Å². The van der Waals surface area contributed by atoms with E-state index in [-0.39, 0.29) is 5.97 Å². The minimum absolute atomic E-state index is 0.279. The van der Waals surface area contributed by atoms with Crippen LogP contribution in [0.2, 0.25) is 0 Å². The molecule has 1 aromatic carbocycles. The van der Waals surface area contributed by atoms with Crippen LogP contribution in [0.3, 0.4) is 0 Å². The number of fused-ring (bicyclic) bond motifs is 1. The first-order valence-electron chi connectivity index (χ1n) is 6.76. The number of esters is 1. The molecule has 2 aliphatic rings. The first-order valence-corrected chi connectivity index (χ1v) is 6.76. The zero-order valence-corrected chi connectivity index (χ0v) is 11.3. The number of carbonyl (C=O) groups is 1. The molecule has 19 heavy (non-hydrogen) atoms. The molecule has 102 valence electrons. The Hall–Kier alpha value is -1.55. The number of hydrogen-bond donors (Lipinski definition) is 0. The van der Waals surface area contributed by atoms with E-state index in [1.807, 2.05) is 19.1 Å². The van der Waals surface area contributed by atoms with Gasteiger partial charge in [0.05, 0.1) is 13.2 Å². The van der Waals surface area contributed by atoms with Gasteiger partial charge in [0.1, 0.15) is 11.4 Å². The molecule has 0 N–H and O–H groups in total. The zero-order chi connectivity index (χ0) is 13.5. The summed E-state index contributed by atoms with van der Waals surface area (Å²) in [5.74, 6) is 0.672. The summed E-state index contributed by atoms with van der Waals surface area (Å²) in [5.41, 5.74) is 1.68. The molecule has 4 nitrogen and oxygen atoms in total. The van der Waals surface area contributed by atoms with E-state index < -0.39 is 11.7 Å². The second-order valence-electron chi connectivity index (χ2n) is 5.13. The Balaban J connectivity index is 1.82. The second kappa shape index (κ2) is 4.53. The van der Waals surface area contributed by atoms with Crippen LogP contribution in [0.4, 0.5) is 0 Å². The average molecular weight is 262 g/mol. The Morgan fingerprint density at radius 3 is 3.16 bits per heavy atom. The first-order chi connectivity index (χ1) is 9.15. The highest BCUT2D eigenvalue weighted by atomic mass is 16.7. The number of epoxide rings is 1. The molecule has 2 heterocycles. The van der Waals surface area contributed by atoms with Crippen molar-refractivity contribution in [2.45, 2.75) is 38.4 Å². The van der Waals surface area contributed by atoms with Gasteiger partial charge in [-0.25, -0.2) is 4.79 Å². The molecule has 2 atom stereocenters. The van der Waals surface area contributed by atoms with Crippen LogP contribution in [-0.2, 0) is 26.3 Å². The van der Waals surface area contributed by atoms with Crippen molar-refractivity contribution in [1.29, 1.82) is 0 Å². The highest BCUT2D eigenvalue weighted by Gasteiger charge is 2.59.